The third kappa shape index (κ3) is 3.15. The van der Waals surface area contributed by atoms with Crippen LogP contribution in [0.1, 0.15) is 29.6 Å². The molecule has 1 saturated carbocycles. The van der Waals surface area contributed by atoms with Gasteiger partial charge in [0.25, 0.3) is 5.91 Å². The molecule has 0 spiro atoms. The van der Waals surface area contributed by atoms with Gasteiger partial charge in [-0.25, -0.2) is 0 Å². The summed E-state index contributed by atoms with van der Waals surface area (Å²) in [5, 5.41) is 2.81. The van der Waals surface area contributed by atoms with Crippen molar-refractivity contribution in [2.75, 3.05) is 5.88 Å². The highest BCUT2D eigenvalue weighted by Crippen LogP contribution is 2.33. The van der Waals surface area contributed by atoms with Gasteiger partial charge in [-0.2, -0.15) is 8.78 Å². The lowest BCUT2D eigenvalue weighted by Gasteiger charge is -2.41. The van der Waals surface area contributed by atoms with Crippen molar-refractivity contribution in [2.45, 2.75) is 31.4 Å². The van der Waals surface area contributed by atoms with Gasteiger partial charge in [0.2, 0.25) is 0 Å². The predicted molar refractivity (Wildman–Crippen MR) is 67.8 cm³/mol. The number of rotatable bonds is 5. The molecule has 1 aliphatic rings. The van der Waals surface area contributed by atoms with Crippen LogP contribution >= 0.6 is 11.6 Å². The summed E-state index contributed by atoms with van der Waals surface area (Å²) in [6.07, 6.45) is 2.61. The number of para-hydroxylation sites is 1. The van der Waals surface area contributed by atoms with Gasteiger partial charge < -0.3 is 10.1 Å². The van der Waals surface area contributed by atoms with Crippen molar-refractivity contribution in [3.05, 3.63) is 29.8 Å². The number of alkyl halides is 3. The molecular weight excluding hydrogens is 276 g/mol. The van der Waals surface area contributed by atoms with E-state index in [0.717, 1.165) is 19.3 Å². The Morgan fingerprint density at radius 1 is 1.42 bits per heavy atom. The Hall–Kier alpha value is -1.36. The van der Waals surface area contributed by atoms with Crippen LogP contribution in [0.3, 0.4) is 0 Å². The number of amides is 1. The van der Waals surface area contributed by atoms with Crippen molar-refractivity contribution in [3.8, 4) is 5.75 Å². The van der Waals surface area contributed by atoms with Crippen molar-refractivity contribution in [2.24, 2.45) is 0 Å². The van der Waals surface area contributed by atoms with Gasteiger partial charge in [-0.05, 0) is 31.4 Å². The molecular formula is C13H14ClF2NO2. The summed E-state index contributed by atoms with van der Waals surface area (Å²) >= 11 is 5.85. The van der Waals surface area contributed by atoms with Gasteiger partial charge >= 0.3 is 6.61 Å². The van der Waals surface area contributed by atoms with Crippen LogP contribution < -0.4 is 10.1 Å². The van der Waals surface area contributed by atoms with E-state index in [1.807, 2.05) is 0 Å². The summed E-state index contributed by atoms with van der Waals surface area (Å²) in [4.78, 5) is 12.1. The molecule has 6 heteroatoms. The molecule has 19 heavy (non-hydrogen) atoms. The third-order valence-electron chi connectivity index (χ3n) is 3.29. The smallest absolute Gasteiger partial charge is 0.387 e. The lowest BCUT2D eigenvalue weighted by molar-refractivity contribution is -0.0501. The summed E-state index contributed by atoms with van der Waals surface area (Å²) in [6, 6.07) is 5.93. The van der Waals surface area contributed by atoms with E-state index in [9.17, 15) is 13.6 Å². The number of carbonyl (C=O) groups is 1. The second-order valence-corrected chi connectivity index (χ2v) is 4.86. The number of carbonyl (C=O) groups excluding carboxylic acids is 1. The van der Waals surface area contributed by atoms with Crippen LogP contribution in [0.25, 0.3) is 0 Å². The molecule has 1 aromatic carbocycles. The Balaban J connectivity index is 2.14. The van der Waals surface area contributed by atoms with Gasteiger partial charge in [-0.15, -0.1) is 11.6 Å². The van der Waals surface area contributed by atoms with Gasteiger partial charge in [0.05, 0.1) is 11.1 Å². The van der Waals surface area contributed by atoms with Crippen LogP contribution in [0.15, 0.2) is 24.3 Å². The number of ether oxygens (including phenoxy) is 1. The minimum Gasteiger partial charge on any atom is -0.434 e. The molecule has 0 atom stereocenters. The molecule has 1 aliphatic carbocycles. The number of nitrogens with one attached hydrogen (secondary N) is 1. The summed E-state index contributed by atoms with van der Waals surface area (Å²) < 4.78 is 28.9. The first kappa shape index (κ1) is 14.1. The van der Waals surface area contributed by atoms with E-state index in [4.69, 9.17) is 11.6 Å². The molecule has 0 radical (unpaired) electrons. The number of hydrogen-bond acceptors (Lipinski definition) is 2. The quantitative estimate of drug-likeness (QED) is 0.846. The molecule has 0 aliphatic heterocycles. The van der Waals surface area contributed by atoms with Crippen LogP contribution in [0.5, 0.6) is 5.75 Å². The zero-order valence-corrected chi connectivity index (χ0v) is 10.9. The lowest BCUT2D eigenvalue weighted by atomic mass is 9.78. The van der Waals surface area contributed by atoms with E-state index in [1.165, 1.54) is 18.2 Å². The topological polar surface area (TPSA) is 38.3 Å². The summed E-state index contributed by atoms with van der Waals surface area (Å²) in [5.74, 6) is -0.244. The van der Waals surface area contributed by atoms with E-state index in [-0.39, 0.29) is 11.3 Å². The lowest BCUT2D eigenvalue weighted by Crippen LogP contribution is -2.55. The molecule has 1 fully saturated rings. The molecule has 1 amide bonds. The maximum atomic E-state index is 12.3. The van der Waals surface area contributed by atoms with Gasteiger partial charge in [0.1, 0.15) is 5.75 Å². The molecule has 0 aromatic heterocycles. The summed E-state index contributed by atoms with van der Waals surface area (Å²) in [5.41, 5.74) is -0.310. The van der Waals surface area contributed by atoms with E-state index >= 15 is 0 Å². The minimum atomic E-state index is -2.96. The van der Waals surface area contributed by atoms with Crippen LogP contribution in [-0.2, 0) is 0 Å². The molecule has 0 unspecified atom stereocenters. The molecule has 0 heterocycles. The Labute approximate surface area is 114 Å². The first-order valence-corrected chi connectivity index (χ1v) is 6.52. The van der Waals surface area contributed by atoms with Crippen molar-refractivity contribution in [3.63, 3.8) is 0 Å². The van der Waals surface area contributed by atoms with Crippen LogP contribution in [-0.4, -0.2) is 23.9 Å². The molecule has 2 rings (SSSR count). The van der Waals surface area contributed by atoms with E-state index < -0.39 is 18.1 Å². The highest BCUT2D eigenvalue weighted by atomic mass is 35.5. The van der Waals surface area contributed by atoms with Gasteiger partial charge in [-0.1, -0.05) is 12.1 Å². The average molecular weight is 290 g/mol. The SMILES string of the molecule is O=C(NC1(CCl)CCC1)c1ccccc1OC(F)F. The Morgan fingerprint density at radius 2 is 2.11 bits per heavy atom. The predicted octanol–water partition coefficient (Wildman–Crippen LogP) is 3.18. The highest BCUT2D eigenvalue weighted by molar-refractivity contribution is 6.19. The van der Waals surface area contributed by atoms with E-state index in [1.54, 1.807) is 6.07 Å². The fraction of sp³-hybridized carbons (Fsp3) is 0.462. The average Bonchev–Trinajstić information content (AvgIpc) is 2.33. The van der Waals surface area contributed by atoms with Gasteiger partial charge in [0.15, 0.2) is 0 Å². The van der Waals surface area contributed by atoms with Crippen molar-refractivity contribution in [1.82, 2.24) is 5.32 Å². The molecule has 0 saturated heterocycles. The molecule has 104 valence electrons. The standard InChI is InChI=1S/C13H14ClF2NO2/c14-8-13(6-3-7-13)17-11(18)9-4-1-2-5-10(9)19-12(15)16/h1-2,4-5,12H,3,6-8H2,(H,17,18). The van der Waals surface area contributed by atoms with Crippen LogP contribution in [0, 0.1) is 0 Å². The fourth-order valence-corrected chi connectivity index (χ4v) is 2.39. The summed E-state index contributed by atoms with van der Waals surface area (Å²) in [7, 11) is 0. The van der Waals surface area contributed by atoms with Gasteiger partial charge in [-0.3, -0.25) is 4.79 Å². The highest BCUT2D eigenvalue weighted by Gasteiger charge is 2.38. The monoisotopic (exact) mass is 289 g/mol. The first-order chi connectivity index (χ1) is 9.06. The van der Waals surface area contributed by atoms with E-state index in [2.05, 4.69) is 10.1 Å². The largest absolute Gasteiger partial charge is 0.434 e. The van der Waals surface area contributed by atoms with Crippen molar-refractivity contribution in [1.29, 1.82) is 0 Å². The van der Waals surface area contributed by atoms with Crippen molar-refractivity contribution < 1.29 is 18.3 Å². The van der Waals surface area contributed by atoms with E-state index in [0.29, 0.717) is 5.88 Å². The van der Waals surface area contributed by atoms with Crippen LogP contribution in [0.4, 0.5) is 8.78 Å². The maximum Gasteiger partial charge on any atom is 0.387 e. The normalized spacial score (nSPS) is 16.8. The maximum absolute atomic E-state index is 12.3. The Morgan fingerprint density at radius 3 is 2.63 bits per heavy atom. The fourth-order valence-electron chi connectivity index (χ4n) is 2.06. The third-order valence-corrected chi connectivity index (χ3v) is 3.80. The first-order valence-electron chi connectivity index (χ1n) is 5.99. The Bertz CT molecular complexity index is 458. The Kier molecular flexibility index (Phi) is 4.24. The molecule has 1 aromatic rings. The zero-order chi connectivity index (χ0) is 13.9. The minimum absolute atomic E-state index is 0.0965. The number of hydrogen-bond donors (Lipinski definition) is 1. The second kappa shape index (κ2) is 5.74. The molecule has 1 N–H and O–H groups in total. The second-order valence-electron chi connectivity index (χ2n) is 4.60. The molecule has 0 bridgehead atoms. The molecule has 3 nitrogen and oxygen atoms in total. The number of halogens is 3. The zero-order valence-electron chi connectivity index (χ0n) is 10.2. The summed E-state index contributed by atoms with van der Waals surface area (Å²) in [6.45, 7) is -2.96. The van der Waals surface area contributed by atoms with Gasteiger partial charge in [0, 0.05) is 5.88 Å². The van der Waals surface area contributed by atoms with Crippen LogP contribution in [0.2, 0.25) is 0 Å². The number of benzene rings is 1. The van der Waals surface area contributed by atoms with Crippen molar-refractivity contribution >= 4 is 17.5 Å².